The van der Waals surface area contributed by atoms with Gasteiger partial charge in [0.05, 0.1) is 36.7 Å². The van der Waals surface area contributed by atoms with Crippen molar-refractivity contribution in [2.75, 3.05) is 37.9 Å². The molecule has 0 aliphatic carbocycles. The van der Waals surface area contributed by atoms with Crippen LogP contribution in [-0.4, -0.2) is 70.0 Å². The molecule has 0 radical (unpaired) electrons. The summed E-state index contributed by atoms with van der Waals surface area (Å²) in [5, 5.41) is 3.07. The van der Waals surface area contributed by atoms with Crippen molar-refractivity contribution in [2.45, 2.75) is 58.6 Å². The molecule has 0 saturated heterocycles. The molecular weight excluding hydrogens is 584 g/mol. The van der Waals surface area contributed by atoms with E-state index in [-0.39, 0.29) is 56.0 Å². The third-order valence-electron chi connectivity index (χ3n) is 7.55. The molecular formula is C33H46N2O8S. The number of nitrogens with one attached hydrogen (secondary N) is 1. The highest BCUT2D eigenvalue weighted by Gasteiger charge is 2.32. The van der Waals surface area contributed by atoms with Crippen LogP contribution in [0, 0.1) is 17.8 Å². The van der Waals surface area contributed by atoms with Crippen molar-refractivity contribution in [2.24, 2.45) is 23.5 Å². The van der Waals surface area contributed by atoms with Crippen molar-refractivity contribution in [3.8, 4) is 5.75 Å². The predicted molar refractivity (Wildman–Crippen MR) is 168 cm³/mol. The maximum atomic E-state index is 13.6. The first-order valence-corrected chi connectivity index (χ1v) is 17.1. The van der Waals surface area contributed by atoms with E-state index in [1.807, 2.05) is 44.2 Å². The summed E-state index contributed by atoms with van der Waals surface area (Å²) in [6.45, 7) is 5.28. The van der Waals surface area contributed by atoms with Gasteiger partial charge in [0, 0.05) is 31.9 Å². The topological polar surface area (TPSA) is 151 Å². The van der Waals surface area contributed by atoms with Gasteiger partial charge < -0.3 is 25.3 Å². The maximum absolute atomic E-state index is 13.6. The molecule has 2 aromatic rings. The van der Waals surface area contributed by atoms with Crippen LogP contribution in [0.4, 0.5) is 0 Å². The van der Waals surface area contributed by atoms with Crippen LogP contribution in [0.15, 0.2) is 54.6 Å². The van der Waals surface area contributed by atoms with Gasteiger partial charge in [0.15, 0.2) is 9.84 Å². The minimum Gasteiger partial charge on any atom is -0.494 e. The Hall–Kier alpha value is -3.28. The zero-order valence-corrected chi connectivity index (χ0v) is 26.6. The number of rotatable bonds is 12. The number of nitrogens with two attached hydrogens (primary N) is 1. The monoisotopic (exact) mass is 630 g/mol. The summed E-state index contributed by atoms with van der Waals surface area (Å²) in [4.78, 5) is 40.2. The number of sulfone groups is 1. The standard InChI is InChI=1S/C33H46N2O8S/c1-24(2)31-22-41-15-6-7-16-42-30-12-10-25(11-13-30)18-27(32(37)35-31)19-29(36)20-28(23-44(39,40)17-14-34)33(38)43-21-26-8-4-3-5-9-26/h3-5,8-13,24,27-28,31H,6-7,14-23,34H2,1-2H3,(H,35,37)/t27-,28-,31+/m0/s1. The van der Waals surface area contributed by atoms with Crippen LogP contribution in [-0.2, 0) is 46.7 Å². The van der Waals surface area contributed by atoms with Gasteiger partial charge in [-0.15, -0.1) is 0 Å². The third kappa shape index (κ3) is 12.4. The molecule has 2 aliphatic rings. The van der Waals surface area contributed by atoms with Crippen LogP contribution in [0.25, 0.3) is 0 Å². The van der Waals surface area contributed by atoms with Crippen molar-refractivity contribution in [1.82, 2.24) is 5.32 Å². The van der Waals surface area contributed by atoms with E-state index in [0.717, 1.165) is 24.0 Å². The summed E-state index contributed by atoms with van der Waals surface area (Å²) in [5.41, 5.74) is 7.05. The quantitative estimate of drug-likeness (QED) is 0.337. The Morgan fingerprint density at radius 1 is 1.05 bits per heavy atom. The van der Waals surface area contributed by atoms with Gasteiger partial charge in [0.1, 0.15) is 18.1 Å². The first-order chi connectivity index (χ1) is 21.1. The molecule has 0 unspecified atom stereocenters. The summed E-state index contributed by atoms with van der Waals surface area (Å²) >= 11 is 0. The van der Waals surface area contributed by atoms with Crippen molar-refractivity contribution in [1.29, 1.82) is 0 Å². The van der Waals surface area contributed by atoms with E-state index in [1.54, 1.807) is 24.3 Å². The number of hydrogen-bond donors (Lipinski definition) is 2. The van der Waals surface area contributed by atoms with E-state index >= 15 is 0 Å². The number of ketones is 1. The van der Waals surface area contributed by atoms with Gasteiger partial charge in [-0.1, -0.05) is 56.3 Å². The molecule has 2 bridgehead atoms. The molecule has 0 spiro atoms. The summed E-state index contributed by atoms with van der Waals surface area (Å²) < 4.78 is 42.4. The lowest BCUT2D eigenvalue weighted by molar-refractivity contribution is -0.150. The molecule has 0 fully saturated rings. The lowest BCUT2D eigenvalue weighted by atomic mass is 9.90. The molecule has 2 heterocycles. The molecule has 0 saturated carbocycles. The second kappa shape index (κ2) is 17.9. The molecule has 0 aromatic heterocycles. The molecule has 3 atom stereocenters. The van der Waals surface area contributed by atoms with Crippen LogP contribution in [0.5, 0.6) is 5.75 Å². The van der Waals surface area contributed by atoms with Crippen LogP contribution in [0.2, 0.25) is 0 Å². The van der Waals surface area contributed by atoms with Crippen molar-refractivity contribution in [3.05, 3.63) is 65.7 Å². The molecule has 2 aromatic carbocycles. The zero-order valence-electron chi connectivity index (χ0n) is 25.7. The first-order valence-electron chi connectivity index (χ1n) is 15.3. The number of hydrogen-bond acceptors (Lipinski definition) is 9. The minimum atomic E-state index is -3.72. The molecule has 1 amide bonds. The van der Waals surface area contributed by atoms with E-state index in [1.165, 1.54) is 0 Å². The van der Waals surface area contributed by atoms with Gasteiger partial charge in [0.25, 0.3) is 0 Å². The zero-order chi connectivity index (χ0) is 32.0. The SMILES string of the molecule is CC(C)[C@H]1COCCCCOc2ccc(cc2)C[C@@H](CC(=O)C[C@@H](CS(=O)(=O)CCN)C(=O)OCc2ccccc2)C(=O)N1. The molecule has 242 valence electrons. The number of Topliss-reactive ketones (excluding diaryl/α,β-unsaturated/α-hetero) is 1. The van der Waals surface area contributed by atoms with Crippen molar-refractivity contribution < 1.29 is 37.0 Å². The number of carbonyl (C=O) groups is 3. The number of carbonyl (C=O) groups excluding carboxylic acids is 3. The molecule has 44 heavy (non-hydrogen) atoms. The molecule has 4 rings (SSSR count). The second-order valence-corrected chi connectivity index (χ2v) is 13.9. The highest BCUT2D eigenvalue weighted by molar-refractivity contribution is 7.91. The van der Waals surface area contributed by atoms with Crippen molar-refractivity contribution in [3.63, 3.8) is 0 Å². The van der Waals surface area contributed by atoms with Crippen LogP contribution >= 0.6 is 0 Å². The fourth-order valence-electron chi connectivity index (χ4n) is 4.93. The average Bonchev–Trinajstić information content (AvgIpc) is 2.98. The predicted octanol–water partition coefficient (Wildman–Crippen LogP) is 3.26. The highest BCUT2D eigenvalue weighted by atomic mass is 32.2. The third-order valence-corrected chi connectivity index (χ3v) is 9.32. The fourth-order valence-corrected chi connectivity index (χ4v) is 6.32. The number of esters is 1. The summed E-state index contributed by atoms with van der Waals surface area (Å²) in [6.07, 6.45) is 1.40. The van der Waals surface area contributed by atoms with Crippen LogP contribution < -0.4 is 15.8 Å². The number of benzene rings is 2. The van der Waals surface area contributed by atoms with E-state index < -0.39 is 39.2 Å². The van der Waals surface area contributed by atoms with Gasteiger partial charge in [0.2, 0.25) is 5.91 Å². The molecule has 2 aliphatic heterocycles. The Labute approximate surface area is 260 Å². The van der Waals surface area contributed by atoms with E-state index in [0.29, 0.717) is 25.6 Å². The lowest BCUT2D eigenvalue weighted by Crippen LogP contribution is -2.45. The molecule has 11 heteroatoms. The number of amides is 1. The van der Waals surface area contributed by atoms with Gasteiger partial charge in [-0.05, 0) is 48.4 Å². The van der Waals surface area contributed by atoms with Gasteiger partial charge >= 0.3 is 5.97 Å². The van der Waals surface area contributed by atoms with Crippen LogP contribution in [0.3, 0.4) is 0 Å². The molecule has 3 N–H and O–H groups in total. The maximum Gasteiger partial charge on any atom is 0.310 e. The Kier molecular flexibility index (Phi) is 14.3. The van der Waals surface area contributed by atoms with Crippen LogP contribution in [0.1, 0.15) is 50.7 Å². The van der Waals surface area contributed by atoms with Gasteiger partial charge in [-0.2, -0.15) is 0 Å². The summed E-state index contributed by atoms with van der Waals surface area (Å²) in [5.74, 6) is -3.51. The fraction of sp³-hybridized carbons (Fsp3) is 0.545. The Balaban J connectivity index is 1.79. The van der Waals surface area contributed by atoms with Gasteiger partial charge in [-0.25, -0.2) is 8.42 Å². The second-order valence-electron chi connectivity index (χ2n) is 11.7. The lowest BCUT2D eigenvalue weighted by Gasteiger charge is -2.26. The Morgan fingerprint density at radius 3 is 2.43 bits per heavy atom. The van der Waals surface area contributed by atoms with E-state index in [4.69, 9.17) is 19.9 Å². The summed E-state index contributed by atoms with van der Waals surface area (Å²) in [6, 6.07) is 16.2. The van der Waals surface area contributed by atoms with E-state index in [2.05, 4.69) is 5.32 Å². The smallest absolute Gasteiger partial charge is 0.310 e. The number of ether oxygens (including phenoxy) is 3. The normalized spacial score (nSPS) is 19.1. The Morgan fingerprint density at radius 2 is 1.75 bits per heavy atom. The Bertz CT molecular complexity index is 1300. The average molecular weight is 631 g/mol. The van der Waals surface area contributed by atoms with Gasteiger partial charge in [-0.3, -0.25) is 14.4 Å². The largest absolute Gasteiger partial charge is 0.494 e. The highest BCUT2D eigenvalue weighted by Crippen LogP contribution is 2.22. The first kappa shape index (κ1) is 35.2. The summed E-state index contributed by atoms with van der Waals surface area (Å²) in [7, 11) is -3.72. The van der Waals surface area contributed by atoms with Crippen molar-refractivity contribution >= 4 is 27.5 Å². The molecule has 10 nitrogen and oxygen atoms in total. The minimum absolute atomic E-state index is 0.0509. The van der Waals surface area contributed by atoms with E-state index in [9.17, 15) is 22.8 Å². The number of fused-ring (bicyclic) bond motifs is 13.